The van der Waals surface area contributed by atoms with Crippen molar-refractivity contribution in [1.82, 2.24) is 10.2 Å². The minimum Gasteiger partial charge on any atom is -0.457 e. The van der Waals surface area contributed by atoms with Crippen LogP contribution in [0.2, 0.25) is 0 Å². The molecule has 0 aliphatic carbocycles. The molecular formula is C24H23N3O5S. The first-order valence-electron chi connectivity index (χ1n) is 10.1. The van der Waals surface area contributed by atoms with Crippen molar-refractivity contribution in [3.05, 3.63) is 81.9 Å². The van der Waals surface area contributed by atoms with Crippen LogP contribution in [0.4, 0.5) is 5.69 Å². The molecule has 9 heteroatoms. The predicted octanol–water partition coefficient (Wildman–Crippen LogP) is 4.50. The van der Waals surface area contributed by atoms with Crippen LogP contribution < -0.4 is 10.1 Å². The number of ether oxygens (including phenoxy) is 1. The van der Waals surface area contributed by atoms with Crippen molar-refractivity contribution in [3.63, 3.8) is 0 Å². The first-order chi connectivity index (χ1) is 15.5. The number of amides is 2. The molecule has 1 saturated heterocycles. The largest absolute Gasteiger partial charge is 0.457 e. The number of nitrogens with one attached hydrogen (secondary N) is 1. The second-order valence-electron chi connectivity index (χ2n) is 8.38. The average molecular weight is 466 g/mol. The third-order valence-corrected chi connectivity index (χ3v) is 5.27. The number of nitrogens with zero attached hydrogens (tertiary/aromatic N) is 2. The highest BCUT2D eigenvalue weighted by Gasteiger charge is 2.33. The second kappa shape index (κ2) is 9.33. The second-order valence-corrected chi connectivity index (χ2v) is 8.76. The molecule has 33 heavy (non-hydrogen) atoms. The Kier molecular flexibility index (Phi) is 6.73. The third-order valence-electron chi connectivity index (χ3n) is 4.95. The molecule has 1 fully saturated rings. The highest BCUT2D eigenvalue weighted by molar-refractivity contribution is 7.80. The summed E-state index contributed by atoms with van der Waals surface area (Å²) in [6.45, 7) is 9.97. The van der Waals surface area contributed by atoms with E-state index in [-0.39, 0.29) is 39.6 Å². The van der Waals surface area contributed by atoms with E-state index in [1.165, 1.54) is 35.3 Å². The molecule has 0 atom stereocenters. The minimum absolute atomic E-state index is 0.0310. The van der Waals surface area contributed by atoms with Crippen LogP contribution in [0.3, 0.4) is 0 Å². The summed E-state index contributed by atoms with van der Waals surface area (Å²) < 4.78 is 5.95. The summed E-state index contributed by atoms with van der Waals surface area (Å²) in [4.78, 5) is 37.3. The van der Waals surface area contributed by atoms with Crippen LogP contribution in [0.15, 0.2) is 60.7 Å². The van der Waals surface area contributed by atoms with Gasteiger partial charge in [-0.1, -0.05) is 39.0 Å². The Hall–Kier alpha value is -3.85. The van der Waals surface area contributed by atoms with Gasteiger partial charge in [-0.25, -0.2) is 0 Å². The number of nitro benzene ring substituents is 1. The lowest BCUT2D eigenvalue weighted by molar-refractivity contribution is -0.384. The molecule has 1 aliphatic rings. The van der Waals surface area contributed by atoms with Gasteiger partial charge in [0.05, 0.1) is 4.92 Å². The normalized spacial score (nSPS) is 15.4. The quantitative estimate of drug-likeness (QED) is 0.168. The van der Waals surface area contributed by atoms with E-state index in [0.717, 1.165) is 5.56 Å². The summed E-state index contributed by atoms with van der Waals surface area (Å²) in [7, 11) is 0. The van der Waals surface area contributed by atoms with Crippen LogP contribution in [-0.2, 0) is 15.0 Å². The van der Waals surface area contributed by atoms with E-state index in [4.69, 9.17) is 17.0 Å². The fourth-order valence-electron chi connectivity index (χ4n) is 3.15. The fourth-order valence-corrected chi connectivity index (χ4v) is 3.40. The van der Waals surface area contributed by atoms with Crippen LogP contribution in [0.5, 0.6) is 11.5 Å². The van der Waals surface area contributed by atoms with Crippen molar-refractivity contribution in [2.24, 2.45) is 0 Å². The summed E-state index contributed by atoms with van der Waals surface area (Å²) in [5.41, 5.74) is 0.851. The van der Waals surface area contributed by atoms with Gasteiger partial charge in [0.1, 0.15) is 17.1 Å². The molecule has 2 aromatic rings. The first-order valence-corrected chi connectivity index (χ1v) is 10.5. The number of non-ortho nitro benzene ring substituents is 1. The van der Waals surface area contributed by atoms with Crippen molar-refractivity contribution in [2.45, 2.75) is 26.2 Å². The van der Waals surface area contributed by atoms with Crippen LogP contribution in [0.1, 0.15) is 31.9 Å². The summed E-state index contributed by atoms with van der Waals surface area (Å²) in [6.07, 6.45) is 2.74. The Labute approximate surface area is 196 Å². The van der Waals surface area contributed by atoms with Gasteiger partial charge in [0.25, 0.3) is 17.5 Å². The highest BCUT2D eigenvalue weighted by Crippen LogP contribution is 2.32. The lowest BCUT2D eigenvalue weighted by Crippen LogP contribution is -2.53. The number of carbonyl (C=O) groups is 2. The van der Waals surface area contributed by atoms with Crippen LogP contribution in [0, 0.1) is 10.1 Å². The van der Waals surface area contributed by atoms with Gasteiger partial charge in [0.2, 0.25) is 0 Å². The van der Waals surface area contributed by atoms with Crippen molar-refractivity contribution in [2.75, 3.05) is 6.54 Å². The monoisotopic (exact) mass is 465 g/mol. The highest BCUT2D eigenvalue weighted by atomic mass is 32.1. The number of benzene rings is 2. The van der Waals surface area contributed by atoms with E-state index < -0.39 is 16.7 Å². The Morgan fingerprint density at radius 3 is 2.42 bits per heavy atom. The van der Waals surface area contributed by atoms with Crippen molar-refractivity contribution >= 4 is 40.9 Å². The standard InChI is InChI=1S/C24H23N3O5S/c1-5-12-26-22(29)19(21(28)25-23(26)33)14-15-13-17(27(30)31)8-11-20(15)32-18-9-6-16(7-10-18)24(2,3)4/h5-11,13-14H,1,12H2,2-4H3,(H,25,28,33)/b19-14+. The Morgan fingerprint density at radius 1 is 1.18 bits per heavy atom. The smallest absolute Gasteiger partial charge is 0.270 e. The Bertz CT molecular complexity index is 1180. The number of hydrogen-bond donors (Lipinski definition) is 1. The van der Waals surface area contributed by atoms with Crippen molar-refractivity contribution < 1.29 is 19.2 Å². The number of rotatable bonds is 6. The number of hydrogen-bond acceptors (Lipinski definition) is 6. The zero-order valence-electron chi connectivity index (χ0n) is 18.5. The maximum absolute atomic E-state index is 12.8. The van der Waals surface area contributed by atoms with Crippen molar-refractivity contribution in [1.29, 1.82) is 0 Å². The van der Waals surface area contributed by atoms with Gasteiger partial charge in [-0.05, 0) is 47.5 Å². The molecule has 2 amide bonds. The van der Waals surface area contributed by atoms with Gasteiger partial charge in [-0.3, -0.25) is 29.9 Å². The van der Waals surface area contributed by atoms with Gasteiger partial charge in [0.15, 0.2) is 5.11 Å². The molecule has 2 aromatic carbocycles. The Balaban J connectivity index is 2.03. The fraction of sp³-hybridized carbons (Fsp3) is 0.208. The van der Waals surface area contributed by atoms with Crippen LogP contribution >= 0.6 is 12.2 Å². The molecule has 0 unspecified atom stereocenters. The molecule has 170 valence electrons. The van der Waals surface area contributed by atoms with E-state index in [0.29, 0.717) is 5.75 Å². The summed E-state index contributed by atoms with van der Waals surface area (Å²) in [6, 6.07) is 11.4. The SMILES string of the molecule is C=CCN1C(=O)/C(=C/c2cc([N+](=O)[O-])ccc2Oc2ccc(C(C)(C)C)cc2)C(=O)NC1=S. The van der Waals surface area contributed by atoms with Gasteiger partial charge in [-0.2, -0.15) is 0 Å². The van der Waals surface area contributed by atoms with Crippen LogP contribution in [-0.4, -0.2) is 33.3 Å². The number of nitro groups is 1. The van der Waals surface area contributed by atoms with Gasteiger partial charge in [-0.15, -0.1) is 6.58 Å². The van der Waals surface area contributed by atoms with Gasteiger partial charge >= 0.3 is 0 Å². The lowest BCUT2D eigenvalue weighted by atomic mass is 9.87. The van der Waals surface area contributed by atoms with E-state index in [1.54, 1.807) is 12.1 Å². The summed E-state index contributed by atoms with van der Waals surface area (Å²) >= 11 is 5.05. The lowest BCUT2D eigenvalue weighted by Gasteiger charge is -2.27. The molecule has 8 nitrogen and oxygen atoms in total. The van der Waals surface area contributed by atoms with Crippen LogP contribution in [0.25, 0.3) is 6.08 Å². The molecule has 0 saturated carbocycles. The molecule has 1 heterocycles. The minimum atomic E-state index is -0.697. The topological polar surface area (TPSA) is 102 Å². The van der Waals surface area contributed by atoms with E-state index in [1.807, 2.05) is 12.1 Å². The summed E-state index contributed by atoms with van der Waals surface area (Å²) in [5.74, 6) is -0.570. The number of carbonyl (C=O) groups excluding carboxylic acids is 2. The maximum Gasteiger partial charge on any atom is 0.270 e. The van der Waals surface area contributed by atoms with Gasteiger partial charge in [0, 0.05) is 24.2 Å². The van der Waals surface area contributed by atoms with Gasteiger partial charge < -0.3 is 4.74 Å². The molecular weight excluding hydrogens is 442 g/mol. The zero-order chi connectivity index (χ0) is 24.3. The Morgan fingerprint density at radius 2 is 1.85 bits per heavy atom. The molecule has 0 radical (unpaired) electrons. The van der Waals surface area contributed by atoms with Crippen molar-refractivity contribution in [3.8, 4) is 11.5 Å². The molecule has 0 aromatic heterocycles. The molecule has 0 bridgehead atoms. The first kappa shape index (κ1) is 23.8. The number of thiocarbonyl (C=S) groups is 1. The molecule has 3 rings (SSSR count). The summed E-state index contributed by atoms with van der Waals surface area (Å²) in [5, 5.41) is 13.7. The average Bonchev–Trinajstić information content (AvgIpc) is 2.74. The molecule has 1 N–H and O–H groups in total. The molecule has 0 spiro atoms. The predicted molar refractivity (Wildman–Crippen MR) is 129 cm³/mol. The maximum atomic E-state index is 12.8. The van der Waals surface area contributed by atoms with E-state index in [9.17, 15) is 19.7 Å². The van der Waals surface area contributed by atoms with E-state index >= 15 is 0 Å². The third kappa shape index (κ3) is 5.32. The van der Waals surface area contributed by atoms with E-state index in [2.05, 4.69) is 32.7 Å². The zero-order valence-corrected chi connectivity index (χ0v) is 19.3. The molecule has 1 aliphatic heterocycles.